The number of benzene rings is 1. The summed E-state index contributed by atoms with van der Waals surface area (Å²) in [7, 11) is 0. The van der Waals surface area contributed by atoms with Gasteiger partial charge in [0.25, 0.3) is 5.56 Å². The zero-order chi connectivity index (χ0) is 20.6. The minimum Gasteiger partial charge on any atom is -0.459 e. The van der Waals surface area contributed by atoms with E-state index < -0.39 is 5.97 Å². The van der Waals surface area contributed by atoms with Crippen LogP contribution in [-0.4, -0.2) is 27.8 Å². The fourth-order valence-corrected chi connectivity index (χ4v) is 2.75. The third kappa shape index (κ3) is 5.62. The number of rotatable bonds is 7. The van der Waals surface area contributed by atoms with E-state index in [9.17, 15) is 14.4 Å². The molecule has 0 aliphatic heterocycles. The van der Waals surface area contributed by atoms with Crippen LogP contribution in [0.25, 0.3) is 11.7 Å². The van der Waals surface area contributed by atoms with Crippen molar-refractivity contribution in [2.24, 2.45) is 0 Å². The molecule has 0 bridgehead atoms. The second-order valence-corrected chi connectivity index (χ2v) is 6.39. The highest BCUT2D eigenvalue weighted by atomic mass is 16.5. The zero-order valence-electron chi connectivity index (χ0n) is 16.0. The van der Waals surface area contributed by atoms with Crippen LogP contribution in [0.1, 0.15) is 23.4 Å². The van der Waals surface area contributed by atoms with E-state index in [0.717, 1.165) is 11.3 Å². The molecule has 2 heterocycles. The van der Waals surface area contributed by atoms with Gasteiger partial charge in [-0.3, -0.25) is 18.8 Å². The molecule has 0 fully saturated rings. The predicted octanol–water partition coefficient (Wildman–Crippen LogP) is 2.27. The van der Waals surface area contributed by atoms with Crippen LogP contribution in [0.4, 0.5) is 0 Å². The van der Waals surface area contributed by atoms with Gasteiger partial charge < -0.3 is 10.1 Å². The van der Waals surface area contributed by atoms with E-state index in [0.29, 0.717) is 11.3 Å². The third-order valence-electron chi connectivity index (χ3n) is 4.17. The van der Waals surface area contributed by atoms with Gasteiger partial charge in [-0.15, -0.1) is 0 Å². The number of pyridine rings is 1. The highest BCUT2D eigenvalue weighted by Crippen LogP contribution is 2.04. The van der Waals surface area contributed by atoms with Crippen LogP contribution in [0.2, 0.25) is 0 Å². The van der Waals surface area contributed by atoms with Gasteiger partial charge in [0.15, 0.2) is 0 Å². The standard InChI is InChI=1S/C22H21N3O4/c1-16-6-5-9-19-24-18(14-21(27)25(16)19)15-29-22(28)12-13-23-20(26)11-10-17-7-3-2-4-8-17/h2-11,14H,12-13,15H2,1H3,(H,23,26)/b11-10+. The van der Waals surface area contributed by atoms with Gasteiger partial charge in [-0.05, 0) is 30.7 Å². The molecular weight excluding hydrogens is 370 g/mol. The van der Waals surface area contributed by atoms with E-state index in [1.165, 1.54) is 16.5 Å². The summed E-state index contributed by atoms with van der Waals surface area (Å²) in [6.07, 6.45) is 3.13. The first-order chi connectivity index (χ1) is 14.0. The molecule has 7 heteroatoms. The minimum atomic E-state index is -0.483. The van der Waals surface area contributed by atoms with Crippen LogP contribution in [0, 0.1) is 6.92 Å². The number of hydrogen-bond donors (Lipinski definition) is 1. The summed E-state index contributed by atoms with van der Waals surface area (Å²) in [5, 5.41) is 2.63. The van der Waals surface area contributed by atoms with Gasteiger partial charge in [0.05, 0.1) is 12.1 Å². The number of fused-ring (bicyclic) bond motifs is 1. The summed E-state index contributed by atoms with van der Waals surface area (Å²) < 4.78 is 6.64. The van der Waals surface area contributed by atoms with Crippen LogP contribution < -0.4 is 10.9 Å². The van der Waals surface area contributed by atoms with Crippen molar-refractivity contribution in [3.05, 3.63) is 88.0 Å². The molecule has 7 nitrogen and oxygen atoms in total. The smallest absolute Gasteiger partial charge is 0.307 e. The number of ether oxygens (including phenoxy) is 1. The first-order valence-corrected chi connectivity index (χ1v) is 9.18. The number of aromatic nitrogens is 2. The molecular formula is C22H21N3O4. The first kappa shape index (κ1) is 20.0. The lowest BCUT2D eigenvalue weighted by molar-refractivity contribution is -0.144. The second-order valence-electron chi connectivity index (χ2n) is 6.39. The van der Waals surface area contributed by atoms with Crippen molar-refractivity contribution in [1.82, 2.24) is 14.7 Å². The van der Waals surface area contributed by atoms with Gasteiger partial charge in [0.1, 0.15) is 12.3 Å². The molecule has 29 heavy (non-hydrogen) atoms. The van der Waals surface area contributed by atoms with Crippen molar-refractivity contribution in [2.45, 2.75) is 20.0 Å². The maximum absolute atomic E-state index is 12.2. The van der Waals surface area contributed by atoms with Gasteiger partial charge in [0, 0.05) is 24.4 Å². The molecule has 1 amide bonds. The molecule has 3 rings (SSSR count). The molecule has 0 aliphatic rings. The number of nitrogens with one attached hydrogen (secondary N) is 1. The summed E-state index contributed by atoms with van der Waals surface area (Å²) in [5.74, 6) is -0.773. The Balaban J connectivity index is 1.45. The van der Waals surface area contributed by atoms with E-state index in [4.69, 9.17) is 4.74 Å². The quantitative estimate of drug-likeness (QED) is 0.493. The molecule has 0 atom stereocenters. The Hall–Kier alpha value is -3.74. The lowest BCUT2D eigenvalue weighted by atomic mass is 10.2. The van der Waals surface area contributed by atoms with Crippen molar-refractivity contribution in [3.63, 3.8) is 0 Å². The van der Waals surface area contributed by atoms with E-state index >= 15 is 0 Å². The summed E-state index contributed by atoms with van der Waals surface area (Å²) in [5.41, 5.74) is 2.35. The van der Waals surface area contributed by atoms with Crippen molar-refractivity contribution in [2.75, 3.05) is 6.54 Å². The van der Waals surface area contributed by atoms with Crippen molar-refractivity contribution < 1.29 is 14.3 Å². The summed E-state index contributed by atoms with van der Waals surface area (Å²) in [6, 6.07) is 16.1. The SMILES string of the molecule is Cc1cccc2nc(COC(=O)CCNC(=O)/C=C/c3ccccc3)cc(=O)n12. The number of esters is 1. The van der Waals surface area contributed by atoms with Crippen LogP contribution >= 0.6 is 0 Å². The average molecular weight is 391 g/mol. The first-order valence-electron chi connectivity index (χ1n) is 9.18. The van der Waals surface area contributed by atoms with Gasteiger partial charge in [-0.2, -0.15) is 0 Å². The average Bonchev–Trinajstić information content (AvgIpc) is 2.71. The molecule has 0 saturated carbocycles. The topological polar surface area (TPSA) is 89.8 Å². The number of amides is 1. The Morgan fingerprint density at radius 2 is 1.93 bits per heavy atom. The molecule has 1 N–H and O–H groups in total. The Kier molecular flexibility index (Phi) is 6.52. The number of nitrogens with zero attached hydrogens (tertiary/aromatic N) is 2. The van der Waals surface area contributed by atoms with Gasteiger partial charge in [0.2, 0.25) is 5.91 Å². The summed E-state index contributed by atoms with van der Waals surface area (Å²) in [4.78, 5) is 40.2. The lowest BCUT2D eigenvalue weighted by Gasteiger charge is -2.07. The van der Waals surface area contributed by atoms with E-state index in [2.05, 4.69) is 10.3 Å². The number of hydrogen-bond acceptors (Lipinski definition) is 5. The predicted molar refractivity (Wildman–Crippen MR) is 109 cm³/mol. The highest BCUT2D eigenvalue weighted by Gasteiger charge is 2.08. The fraction of sp³-hybridized carbons (Fsp3) is 0.182. The Morgan fingerprint density at radius 3 is 2.72 bits per heavy atom. The number of carbonyl (C=O) groups is 2. The molecule has 148 valence electrons. The van der Waals surface area contributed by atoms with Gasteiger partial charge in [-0.25, -0.2) is 4.98 Å². The molecule has 0 unspecified atom stereocenters. The highest BCUT2D eigenvalue weighted by molar-refractivity contribution is 5.91. The van der Waals surface area contributed by atoms with E-state index in [-0.39, 0.29) is 31.0 Å². The zero-order valence-corrected chi connectivity index (χ0v) is 16.0. The largest absolute Gasteiger partial charge is 0.459 e. The van der Waals surface area contributed by atoms with Gasteiger partial charge in [-0.1, -0.05) is 36.4 Å². The monoisotopic (exact) mass is 391 g/mol. The van der Waals surface area contributed by atoms with Crippen molar-refractivity contribution in [1.29, 1.82) is 0 Å². The molecule has 3 aromatic rings. The number of aryl methyl sites for hydroxylation is 1. The van der Waals surface area contributed by atoms with Gasteiger partial charge >= 0.3 is 5.97 Å². The van der Waals surface area contributed by atoms with Crippen LogP contribution in [0.15, 0.2) is 65.5 Å². The lowest BCUT2D eigenvalue weighted by Crippen LogP contribution is -2.24. The van der Waals surface area contributed by atoms with Crippen LogP contribution in [0.3, 0.4) is 0 Å². The molecule has 0 aliphatic carbocycles. The maximum atomic E-state index is 12.2. The van der Waals surface area contributed by atoms with E-state index in [1.54, 1.807) is 12.1 Å². The summed E-state index contributed by atoms with van der Waals surface area (Å²) >= 11 is 0. The molecule has 1 aromatic carbocycles. The van der Waals surface area contributed by atoms with E-state index in [1.807, 2.05) is 49.4 Å². The molecule has 0 saturated heterocycles. The third-order valence-corrected chi connectivity index (χ3v) is 4.17. The summed E-state index contributed by atoms with van der Waals surface area (Å²) in [6.45, 7) is 1.88. The number of carbonyl (C=O) groups excluding carboxylic acids is 2. The Bertz CT molecular complexity index is 1100. The van der Waals surface area contributed by atoms with Crippen molar-refractivity contribution >= 4 is 23.6 Å². The molecule has 0 spiro atoms. The molecule has 2 aromatic heterocycles. The van der Waals surface area contributed by atoms with Crippen LogP contribution in [-0.2, 0) is 20.9 Å². The van der Waals surface area contributed by atoms with Crippen molar-refractivity contribution in [3.8, 4) is 0 Å². The normalized spacial score (nSPS) is 10.9. The minimum absolute atomic E-state index is 0.0244. The fourth-order valence-electron chi connectivity index (χ4n) is 2.75. The Labute approximate surface area is 167 Å². The maximum Gasteiger partial charge on any atom is 0.307 e. The molecule has 0 radical (unpaired) electrons. The van der Waals surface area contributed by atoms with Crippen LogP contribution in [0.5, 0.6) is 0 Å². The Morgan fingerprint density at radius 1 is 1.14 bits per heavy atom. The second kappa shape index (κ2) is 9.45.